The van der Waals surface area contributed by atoms with Crippen LogP contribution in [0, 0.1) is 12.7 Å². The van der Waals surface area contributed by atoms with Crippen molar-refractivity contribution in [1.82, 2.24) is 10.2 Å². The normalized spacial score (nSPS) is 17.1. The van der Waals surface area contributed by atoms with Gasteiger partial charge in [0.15, 0.2) is 0 Å². The fraction of sp³-hybridized carbons (Fsp3) is 0.533. The van der Waals surface area contributed by atoms with E-state index in [1.807, 2.05) is 0 Å². The van der Waals surface area contributed by atoms with Gasteiger partial charge in [-0.25, -0.2) is 4.39 Å². The molecule has 1 fully saturated rings. The molecule has 0 radical (unpaired) electrons. The van der Waals surface area contributed by atoms with Crippen LogP contribution in [0.5, 0.6) is 0 Å². The first-order chi connectivity index (χ1) is 9.60. The van der Waals surface area contributed by atoms with Gasteiger partial charge in [-0.05, 0) is 37.5 Å². The molecule has 20 heavy (non-hydrogen) atoms. The average Bonchev–Trinajstić information content (AvgIpc) is 2.41. The number of nitrogens with zero attached hydrogens (tertiary/aromatic N) is 1. The second-order valence-electron chi connectivity index (χ2n) is 5.36. The molecule has 110 valence electrons. The van der Waals surface area contributed by atoms with Crippen LogP contribution in [0.1, 0.15) is 28.8 Å². The van der Waals surface area contributed by atoms with Gasteiger partial charge in [0.2, 0.25) is 0 Å². The first-order valence-electron chi connectivity index (χ1n) is 7.09. The predicted molar refractivity (Wildman–Crippen MR) is 77.1 cm³/mol. The Bertz CT molecular complexity index is 470. The lowest BCUT2D eigenvalue weighted by Crippen LogP contribution is -2.45. The Morgan fingerprint density at radius 2 is 2.15 bits per heavy atom. The predicted octanol–water partition coefficient (Wildman–Crippen LogP) is 1.29. The van der Waals surface area contributed by atoms with Crippen LogP contribution >= 0.6 is 0 Å². The first kappa shape index (κ1) is 14.9. The number of amides is 1. The minimum atomic E-state index is -0.455. The molecule has 1 saturated heterocycles. The summed E-state index contributed by atoms with van der Waals surface area (Å²) in [6, 6.07) is 4.81. The maximum absolute atomic E-state index is 13.7. The first-order valence-corrected chi connectivity index (χ1v) is 7.09. The second-order valence-corrected chi connectivity index (χ2v) is 5.36. The highest BCUT2D eigenvalue weighted by atomic mass is 19.1. The third kappa shape index (κ3) is 3.77. The van der Waals surface area contributed by atoms with E-state index in [2.05, 4.69) is 10.2 Å². The maximum Gasteiger partial charge on any atom is 0.254 e. The van der Waals surface area contributed by atoms with Crippen molar-refractivity contribution < 1.29 is 9.18 Å². The fourth-order valence-corrected chi connectivity index (χ4v) is 2.55. The molecule has 1 heterocycles. The quantitative estimate of drug-likeness (QED) is 0.873. The zero-order valence-electron chi connectivity index (χ0n) is 11.9. The van der Waals surface area contributed by atoms with E-state index in [4.69, 9.17) is 5.73 Å². The van der Waals surface area contributed by atoms with Crippen LogP contribution in [0.25, 0.3) is 0 Å². The van der Waals surface area contributed by atoms with Crippen LogP contribution in [-0.2, 0) is 0 Å². The second kappa shape index (κ2) is 6.81. The number of hydrogen-bond acceptors (Lipinski definition) is 3. The topological polar surface area (TPSA) is 58.4 Å². The molecule has 0 atom stereocenters. The molecule has 1 aliphatic heterocycles. The summed E-state index contributed by atoms with van der Waals surface area (Å²) in [6.45, 7) is 5.22. The Balaban J connectivity index is 1.89. The van der Waals surface area contributed by atoms with Gasteiger partial charge in [-0.3, -0.25) is 4.79 Å². The van der Waals surface area contributed by atoms with Gasteiger partial charge in [0, 0.05) is 32.2 Å². The fourth-order valence-electron chi connectivity index (χ4n) is 2.55. The van der Waals surface area contributed by atoms with Crippen LogP contribution < -0.4 is 11.1 Å². The number of hydrogen-bond donors (Lipinski definition) is 2. The van der Waals surface area contributed by atoms with E-state index in [9.17, 15) is 9.18 Å². The summed E-state index contributed by atoms with van der Waals surface area (Å²) >= 11 is 0. The molecule has 3 N–H and O–H groups in total. The minimum Gasteiger partial charge on any atom is -0.349 e. The van der Waals surface area contributed by atoms with E-state index in [1.165, 1.54) is 6.07 Å². The third-order valence-corrected chi connectivity index (χ3v) is 3.74. The SMILES string of the molecule is Cc1ccc(C(=O)NC2CCN(CCN)CC2)c(F)c1. The van der Waals surface area contributed by atoms with Crippen LogP contribution in [0.2, 0.25) is 0 Å². The van der Waals surface area contributed by atoms with E-state index >= 15 is 0 Å². The molecule has 2 rings (SSSR count). The zero-order chi connectivity index (χ0) is 14.5. The molecule has 0 aromatic heterocycles. The summed E-state index contributed by atoms with van der Waals surface area (Å²) in [5.74, 6) is -0.775. The molecule has 5 heteroatoms. The number of halogens is 1. The smallest absolute Gasteiger partial charge is 0.254 e. The van der Waals surface area contributed by atoms with Gasteiger partial charge < -0.3 is 16.0 Å². The Kier molecular flexibility index (Phi) is 5.09. The van der Waals surface area contributed by atoms with Crippen LogP contribution in [-0.4, -0.2) is 43.0 Å². The summed E-state index contributed by atoms with van der Waals surface area (Å²) < 4.78 is 13.7. The molecule has 0 unspecified atom stereocenters. The number of carbonyl (C=O) groups excluding carboxylic acids is 1. The van der Waals surface area contributed by atoms with Gasteiger partial charge in [-0.15, -0.1) is 0 Å². The number of nitrogens with one attached hydrogen (secondary N) is 1. The molecule has 0 spiro atoms. The van der Waals surface area contributed by atoms with Crippen molar-refractivity contribution in [1.29, 1.82) is 0 Å². The van der Waals surface area contributed by atoms with Crippen molar-refractivity contribution in [2.24, 2.45) is 5.73 Å². The lowest BCUT2D eigenvalue weighted by Gasteiger charge is -2.32. The van der Waals surface area contributed by atoms with Crippen molar-refractivity contribution in [2.45, 2.75) is 25.8 Å². The Morgan fingerprint density at radius 1 is 1.45 bits per heavy atom. The minimum absolute atomic E-state index is 0.122. The van der Waals surface area contributed by atoms with Gasteiger partial charge in [0.1, 0.15) is 5.82 Å². The Labute approximate surface area is 119 Å². The highest BCUT2D eigenvalue weighted by molar-refractivity contribution is 5.94. The molecule has 0 saturated carbocycles. The Hall–Kier alpha value is -1.46. The van der Waals surface area contributed by atoms with Crippen molar-refractivity contribution in [3.8, 4) is 0 Å². The molecular weight excluding hydrogens is 257 g/mol. The highest BCUT2D eigenvalue weighted by Gasteiger charge is 2.21. The average molecular weight is 279 g/mol. The summed E-state index contributed by atoms with van der Waals surface area (Å²) in [4.78, 5) is 14.4. The standard InChI is InChI=1S/C15H22FN3O/c1-11-2-3-13(14(16)10-11)15(20)18-12-4-7-19(8-5-12)9-6-17/h2-3,10,12H,4-9,17H2,1H3,(H,18,20). The van der Waals surface area contributed by atoms with Crippen molar-refractivity contribution >= 4 is 5.91 Å². The number of nitrogens with two attached hydrogens (primary N) is 1. The van der Waals surface area contributed by atoms with Gasteiger partial charge in [-0.1, -0.05) is 6.07 Å². The molecular formula is C15H22FN3O. The lowest BCUT2D eigenvalue weighted by atomic mass is 10.0. The van der Waals surface area contributed by atoms with E-state index < -0.39 is 5.82 Å². The monoisotopic (exact) mass is 279 g/mol. The van der Waals surface area contributed by atoms with Crippen LogP contribution in [0.4, 0.5) is 4.39 Å². The number of rotatable bonds is 4. The van der Waals surface area contributed by atoms with Gasteiger partial charge in [0.25, 0.3) is 5.91 Å². The molecule has 4 nitrogen and oxygen atoms in total. The van der Waals surface area contributed by atoms with Gasteiger partial charge in [-0.2, -0.15) is 0 Å². The van der Waals surface area contributed by atoms with Crippen molar-refractivity contribution in [3.63, 3.8) is 0 Å². The number of likely N-dealkylation sites (tertiary alicyclic amines) is 1. The zero-order valence-corrected chi connectivity index (χ0v) is 11.9. The van der Waals surface area contributed by atoms with Crippen molar-refractivity contribution in [3.05, 3.63) is 35.1 Å². The van der Waals surface area contributed by atoms with Crippen molar-refractivity contribution in [2.75, 3.05) is 26.2 Å². The lowest BCUT2D eigenvalue weighted by molar-refractivity contribution is 0.0908. The van der Waals surface area contributed by atoms with E-state index in [-0.39, 0.29) is 17.5 Å². The van der Waals surface area contributed by atoms with Gasteiger partial charge in [0.05, 0.1) is 5.56 Å². The summed E-state index contributed by atoms with van der Waals surface area (Å²) in [5.41, 5.74) is 6.47. The largest absolute Gasteiger partial charge is 0.349 e. The Morgan fingerprint density at radius 3 is 2.75 bits per heavy atom. The van der Waals surface area contributed by atoms with Gasteiger partial charge >= 0.3 is 0 Å². The number of benzene rings is 1. The number of aryl methyl sites for hydroxylation is 1. The maximum atomic E-state index is 13.7. The molecule has 0 aliphatic carbocycles. The third-order valence-electron chi connectivity index (χ3n) is 3.74. The van der Waals surface area contributed by atoms with Crippen LogP contribution in [0.15, 0.2) is 18.2 Å². The van der Waals surface area contributed by atoms with E-state index in [0.29, 0.717) is 6.54 Å². The summed E-state index contributed by atoms with van der Waals surface area (Å²) in [6.07, 6.45) is 1.78. The van der Waals surface area contributed by atoms with Crippen LogP contribution in [0.3, 0.4) is 0 Å². The molecule has 1 aromatic carbocycles. The summed E-state index contributed by atoms with van der Waals surface area (Å²) in [5, 5.41) is 2.92. The molecule has 1 aromatic rings. The van der Waals surface area contributed by atoms with E-state index in [1.54, 1.807) is 19.1 Å². The number of piperidine rings is 1. The molecule has 1 amide bonds. The number of carbonyl (C=O) groups is 1. The highest BCUT2D eigenvalue weighted by Crippen LogP contribution is 2.13. The summed E-state index contributed by atoms with van der Waals surface area (Å²) in [7, 11) is 0. The van der Waals surface area contributed by atoms with E-state index in [0.717, 1.165) is 38.0 Å². The molecule has 0 bridgehead atoms. The molecule has 1 aliphatic rings.